The molecule has 2 aromatic heterocycles. The number of carbonyl (C=O) groups excluding carboxylic acids is 2. The number of nitrogens with one attached hydrogen (secondary N) is 1. The molecule has 1 fully saturated rings. The van der Waals surface area contributed by atoms with Crippen LogP contribution in [0.15, 0.2) is 21.2 Å². The van der Waals surface area contributed by atoms with E-state index in [4.69, 9.17) is 13.6 Å². The Hall–Kier alpha value is -2.68. The van der Waals surface area contributed by atoms with Crippen LogP contribution in [0.2, 0.25) is 0 Å². The van der Waals surface area contributed by atoms with E-state index in [1.54, 1.807) is 24.2 Å². The van der Waals surface area contributed by atoms with Crippen LogP contribution in [0.5, 0.6) is 0 Å². The second-order valence-corrected chi connectivity index (χ2v) is 5.66. The highest BCUT2D eigenvalue weighted by Gasteiger charge is 2.18. The Morgan fingerprint density at radius 2 is 2.08 bits per heavy atom. The molecule has 3 rings (SSSR count). The van der Waals surface area contributed by atoms with Crippen LogP contribution in [-0.4, -0.2) is 59.8 Å². The zero-order chi connectivity index (χ0) is 17.6. The maximum absolute atomic E-state index is 11.9. The van der Waals surface area contributed by atoms with Crippen molar-refractivity contribution in [3.05, 3.63) is 24.0 Å². The van der Waals surface area contributed by atoms with Gasteiger partial charge in [-0.25, -0.2) is 0 Å². The molecule has 3 heterocycles. The molecule has 1 saturated heterocycles. The number of carbonyl (C=O) groups is 2. The van der Waals surface area contributed by atoms with Crippen molar-refractivity contribution >= 4 is 11.8 Å². The quantitative estimate of drug-likeness (QED) is 0.811. The molecular weight excluding hydrogens is 328 g/mol. The van der Waals surface area contributed by atoms with E-state index in [2.05, 4.69) is 15.5 Å². The van der Waals surface area contributed by atoms with Crippen LogP contribution in [0.1, 0.15) is 18.1 Å². The summed E-state index contributed by atoms with van der Waals surface area (Å²) in [6.07, 6.45) is 2.03. The van der Waals surface area contributed by atoms with Crippen molar-refractivity contribution in [2.75, 3.05) is 32.8 Å². The van der Waals surface area contributed by atoms with Gasteiger partial charge in [-0.15, -0.1) is 10.2 Å². The summed E-state index contributed by atoms with van der Waals surface area (Å²) in [5.74, 6) is 1.08. The maximum atomic E-state index is 11.9. The molecule has 0 atom stereocenters. The molecule has 0 aliphatic carbocycles. The first-order valence-electron chi connectivity index (χ1n) is 8.12. The average molecular weight is 348 g/mol. The Bertz CT molecular complexity index is 732. The first-order chi connectivity index (χ1) is 12.1. The van der Waals surface area contributed by atoms with Gasteiger partial charge in [-0.1, -0.05) is 0 Å². The lowest BCUT2D eigenvalue weighted by atomic mass is 10.2. The van der Waals surface area contributed by atoms with Gasteiger partial charge < -0.3 is 23.8 Å². The van der Waals surface area contributed by atoms with Crippen LogP contribution in [0.25, 0.3) is 11.5 Å². The lowest BCUT2D eigenvalue weighted by molar-refractivity contribution is -0.136. The molecule has 0 bridgehead atoms. The molecule has 2 aromatic rings. The topological polar surface area (TPSA) is 111 Å². The first kappa shape index (κ1) is 17.2. The number of hydrogen-bond donors (Lipinski definition) is 1. The normalized spacial score (nSPS) is 14.5. The van der Waals surface area contributed by atoms with Crippen molar-refractivity contribution in [3.63, 3.8) is 0 Å². The zero-order valence-electron chi connectivity index (χ0n) is 14.0. The molecule has 0 spiro atoms. The Morgan fingerprint density at radius 3 is 2.80 bits per heavy atom. The summed E-state index contributed by atoms with van der Waals surface area (Å²) in [6.45, 7) is 3.99. The highest BCUT2D eigenvalue weighted by molar-refractivity contribution is 5.84. The van der Waals surface area contributed by atoms with E-state index in [-0.39, 0.29) is 24.8 Å². The van der Waals surface area contributed by atoms with Gasteiger partial charge in [0.25, 0.3) is 5.89 Å². The van der Waals surface area contributed by atoms with Gasteiger partial charge >= 0.3 is 0 Å². The SMILES string of the molecule is Cc1occc1-c1nnc(CCC(=O)NCC(=O)N2CCOCC2)o1. The lowest BCUT2D eigenvalue weighted by Gasteiger charge is -2.26. The van der Waals surface area contributed by atoms with E-state index in [0.717, 1.165) is 5.56 Å². The van der Waals surface area contributed by atoms with E-state index in [0.29, 0.717) is 50.3 Å². The molecule has 1 aliphatic rings. The van der Waals surface area contributed by atoms with Crippen LogP contribution >= 0.6 is 0 Å². The van der Waals surface area contributed by atoms with Gasteiger partial charge in [0.15, 0.2) is 0 Å². The summed E-state index contributed by atoms with van der Waals surface area (Å²) in [4.78, 5) is 25.5. The highest BCUT2D eigenvalue weighted by atomic mass is 16.5. The highest BCUT2D eigenvalue weighted by Crippen LogP contribution is 2.22. The monoisotopic (exact) mass is 348 g/mol. The molecule has 0 saturated carbocycles. The molecule has 0 aromatic carbocycles. The number of amides is 2. The number of hydrogen-bond acceptors (Lipinski definition) is 7. The van der Waals surface area contributed by atoms with Crippen molar-refractivity contribution in [1.82, 2.24) is 20.4 Å². The number of rotatable bonds is 6. The van der Waals surface area contributed by atoms with E-state index in [1.165, 1.54) is 0 Å². The van der Waals surface area contributed by atoms with Crippen molar-refractivity contribution in [2.45, 2.75) is 19.8 Å². The van der Waals surface area contributed by atoms with E-state index < -0.39 is 0 Å². The number of morpholine rings is 1. The predicted molar refractivity (Wildman–Crippen MR) is 85.5 cm³/mol. The Morgan fingerprint density at radius 1 is 1.28 bits per heavy atom. The van der Waals surface area contributed by atoms with E-state index in [9.17, 15) is 9.59 Å². The molecule has 0 radical (unpaired) electrons. The largest absolute Gasteiger partial charge is 0.469 e. The van der Waals surface area contributed by atoms with Crippen molar-refractivity contribution < 1.29 is 23.2 Å². The molecule has 25 heavy (non-hydrogen) atoms. The number of nitrogens with zero attached hydrogens (tertiary/aromatic N) is 3. The number of aromatic nitrogens is 2. The third-order valence-corrected chi connectivity index (χ3v) is 3.92. The lowest BCUT2D eigenvalue weighted by Crippen LogP contribution is -2.45. The molecule has 9 nitrogen and oxygen atoms in total. The van der Waals surface area contributed by atoms with Crippen LogP contribution in [-0.2, 0) is 20.7 Å². The molecular formula is C16H20N4O5. The first-order valence-corrected chi connectivity index (χ1v) is 8.12. The minimum atomic E-state index is -0.235. The Balaban J connectivity index is 1.42. The van der Waals surface area contributed by atoms with Gasteiger partial charge in [-0.3, -0.25) is 9.59 Å². The number of ether oxygens (including phenoxy) is 1. The Kier molecular flexibility index (Phi) is 5.44. The van der Waals surface area contributed by atoms with E-state index >= 15 is 0 Å². The molecule has 0 unspecified atom stereocenters. The van der Waals surface area contributed by atoms with Crippen molar-refractivity contribution in [2.24, 2.45) is 0 Å². The van der Waals surface area contributed by atoms with Crippen LogP contribution < -0.4 is 5.32 Å². The maximum Gasteiger partial charge on any atom is 0.251 e. The second-order valence-electron chi connectivity index (χ2n) is 5.66. The van der Waals surface area contributed by atoms with Gasteiger partial charge in [-0.2, -0.15) is 0 Å². The van der Waals surface area contributed by atoms with Crippen molar-refractivity contribution in [1.29, 1.82) is 0 Å². The number of furan rings is 1. The van der Waals surface area contributed by atoms with Gasteiger partial charge in [0.05, 0.1) is 31.6 Å². The number of aryl methyl sites for hydroxylation is 2. The van der Waals surface area contributed by atoms with Crippen LogP contribution in [0, 0.1) is 6.92 Å². The van der Waals surface area contributed by atoms with Crippen molar-refractivity contribution in [3.8, 4) is 11.5 Å². The zero-order valence-corrected chi connectivity index (χ0v) is 14.0. The molecule has 2 amide bonds. The minimum absolute atomic E-state index is 0.0118. The smallest absolute Gasteiger partial charge is 0.251 e. The summed E-state index contributed by atoms with van der Waals surface area (Å²) in [5.41, 5.74) is 0.735. The van der Waals surface area contributed by atoms with Gasteiger partial charge in [0.1, 0.15) is 5.76 Å². The summed E-state index contributed by atoms with van der Waals surface area (Å²) < 4.78 is 15.9. The minimum Gasteiger partial charge on any atom is -0.469 e. The van der Waals surface area contributed by atoms with Crippen LogP contribution in [0.4, 0.5) is 0 Å². The fourth-order valence-electron chi connectivity index (χ4n) is 2.48. The predicted octanol–water partition coefficient (Wildman–Crippen LogP) is 0.546. The summed E-state index contributed by atoms with van der Waals surface area (Å²) in [6, 6.07) is 1.75. The molecule has 1 aliphatic heterocycles. The van der Waals surface area contributed by atoms with Gasteiger partial charge in [0.2, 0.25) is 17.7 Å². The third kappa shape index (κ3) is 4.44. The van der Waals surface area contributed by atoms with E-state index in [1.807, 2.05) is 0 Å². The van der Waals surface area contributed by atoms with Gasteiger partial charge in [0, 0.05) is 25.9 Å². The van der Waals surface area contributed by atoms with Crippen LogP contribution in [0.3, 0.4) is 0 Å². The van der Waals surface area contributed by atoms with Gasteiger partial charge in [-0.05, 0) is 13.0 Å². The second kappa shape index (κ2) is 7.93. The standard InChI is InChI=1S/C16H20N4O5/c1-11-12(4-7-24-11)16-19-18-14(25-16)3-2-13(21)17-10-15(22)20-5-8-23-9-6-20/h4,7H,2-3,5-6,8-10H2,1H3,(H,17,21). The summed E-state index contributed by atoms with van der Waals surface area (Å²) in [5, 5.41) is 10.5. The fourth-order valence-corrected chi connectivity index (χ4v) is 2.48. The fraction of sp³-hybridized carbons (Fsp3) is 0.500. The summed E-state index contributed by atoms with van der Waals surface area (Å²) >= 11 is 0. The molecule has 134 valence electrons. The third-order valence-electron chi connectivity index (χ3n) is 3.92. The molecule has 9 heteroatoms. The molecule has 1 N–H and O–H groups in total. The average Bonchev–Trinajstić information content (AvgIpc) is 3.27. The Labute approximate surface area is 144 Å². The summed E-state index contributed by atoms with van der Waals surface area (Å²) in [7, 11) is 0.